The van der Waals surface area contributed by atoms with Gasteiger partial charge in [-0.3, -0.25) is 38.4 Å². The third-order valence-electron chi connectivity index (χ3n) is 13.3. The van der Waals surface area contributed by atoms with E-state index in [1.54, 1.807) is 20.0 Å². The number of nitrogens with zero attached hydrogens (tertiary/aromatic N) is 1. The monoisotopic (exact) mass is 1110 g/mol. The zero-order chi connectivity index (χ0) is 57.7. The van der Waals surface area contributed by atoms with Crippen molar-refractivity contribution in [2.75, 3.05) is 72.5 Å². The summed E-state index contributed by atoms with van der Waals surface area (Å²) < 4.78 is 21.6. The van der Waals surface area contributed by atoms with Crippen molar-refractivity contribution in [3.8, 4) is 0 Å². The molecule has 1 heterocycles. The van der Waals surface area contributed by atoms with Gasteiger partial charge in [-0.05, 0) is 46.5 Å². The van der Waals surface area contributed by atoms with Gasteiger partial charge in [0.25, 0.3) is 0 Å². The maximum Gasteiger partial charge on any atom is 0.306 e. The van der Waals surface area contributed by atoms with Crippen molar-refractivity contribution in [3.05, 3.63) is 18.2 Å². The minimum absolute atomic E-state index is 0.00594. The number of nitrogens with two attached hydrogens (primary N) is 1. The van der Waals surface area contributed by atoms with Gasteiger partial charge < -0.3 is 60.8 Å². The number of hydrogen-bond acceptors (Lipinski definition) is 15. The van der Waals surface area contributed by atoms with Crippen LogP contribution in [0.5, 0.6) is 0 Å². The number of carboxylic acids is 1. The highest BCUT2D eigenvalue weighted by atomic mass is 16.5. The lowest BCUT2D eigenvalue weighted by molar-refractivity contribution is -0.144. The summed E-state index contributed by atoms with van der Waals surface area (Å²) in [7, 11) is 0. The van der Waals surface area contributed by atoms with Crippen molar-refractivity contribution < 1.29 is 67.2 Å². The number of aliphatic carboxylic acids is 1. The zero-order valence-corrected chi connectivity index (χ0v) is 47.8. The first kappa shape index (κ1) is 71.1. The van der Waals surface area contributed by atoms with Gasteiger partial charge in [-0.25, -0.2) is 4.98 Å². The van der Waals surface area contributed by atoms with Gasteiger partial charge in [0.2, 0.25) is 23.6 Å². The highest BCUT2D eigenvalue weighted by Gasteiger charge is 2.34. The summed E-state index contributed by atoms with van der Waals surface area (Å²) in [6, 6.07) is -0.922. The van der Waals surface area contributed by atoms with Crippen molar-refractivity contribution in [2.24, 2.45) is 17.6 Å². The van der Waals surface area contributed by atoms with Crippen LogP contribution in [0, 0.1) is 11.8 Å². The van der Waals surface area contributed by atoms with Gasteiger partial charge in [0.05, 0.1) is 63.5 Å². The number of ketones is 4. The molecule has 0 spiro atoms. The van der Waals surface area contributed by atoms with E-state index in [1.807, 2.05) is 0 Å². The second-order valence-electron chi connectivity index (χ2n) is 20.9. The van der Waals surface area contributed by atoms with Gasteiger partial charge in [-0.2, -0.15) is 0 Å². The predicted octanol–water partition coefficient (Wildman–Crippen LogP) is 5.98. The molecule has 0 unspecified atom stereocenters. The maximum atomic E-state index is 13.4. The summed E-state index contributed by atoms with van der Waals surface area (Å²) in [4.78, 5) is 119. The standard InChI is InChI=1S/C57H99N7O14/c1-5-6-7-8-9-10-11-12-13-14-15-16-17-18-19-23-48(66)37-46(56(73)74)25-27-52(69)61-29-31-75-33-36-78-42-54(71)62-30-32-76-34-35-77-41-53(70)60-28-21-20-22-45(50(67)26-24-44(2)65)38-51(68)57(3,4)64-55(72)49(58)39-47-40-59-43-63-47/h40,43,45-46,49H,5-39,41-42,58H2,1-4H3,(H,59,63)(H,60,70)(H,61,69)(H,62,71)(H,64,72)(H,73,74)/t45-,46-,49+/m1/s1. The molecule has 0 aliphatic rings. The number of imidazole rings is 1. The smallest absolute Gasteiger partial charge is 0.306 e. The normalized spacial score (nSPS) is 12.6. The number of amides is 4. The van der Waals surface area contributed by atoms with E-state index < -0.39 is 35.3 Å². The number of nitrogens with one attached hydrogen (secondary N) is 5. The van der Waals surface area contributed by atoms with Crippen molar-refractivity contribution >= 4 is 52.7 Å². The number of hydrogen-bond donors (Lipinski definition) is 7. The molecule has 0 bridgehead atoms. The fourth-order valence-electron chi connectivity index (χ4n) is 8.47. The minimum Gasteiger partial charge on any atom is -0.481 e. The Labute approximate surface area is 464 Å². The summed E-state index contributed by atoms with van der Waals surface area (Å²) in [5.74, 6) is -4.90. The van der Waals surface area contributed by atoms with Crippen LogP contribution >= 0.6 is 0 Å². The Morgan fingerprint density at radius 3 is 1.65 bits per heavy atom. The Morgan fingerprint density at radius 1 is 0.603 bits per heavy atom. The van der Waals surface area contributed by atoms with E-state index in [1.165, 1.54) is 90.3 Å². The number of H-pyrrole nitrogens is 1. The molecule has 446 valence electrons. The molecule has 8 N–H and O–H groups in total. The van der Waals surface area contributed by atoms with Crippen molar-refractivity contribution in [3.63, 3.8) is 0 Å². The Morgan fingerprint density at radius 2 is 1.13 bits per heavy atom. The Balaban J connectivity index is 2.08. The molecule has 0 saturated heterocycles. The molecule has 1 aromatic rings. The van der Waals surface area contributed by atoms with Crippen LogP contribution in [0.3, 0.4) is 0 Å². The average Bonchev–Trinajstić information content (AvgIpc) is 3.91. The largest absolute Gasteiger partial charge is 0.481 e. The van der Waals surface area contributed by atoms with Crippen LogP contribution in [-0.4, -0.2) is 152 Å². The van der Waals surface area contributed by atoms with E-state index in [0.29, 0.717) is 37.9 Å². The molecule has 4 amide bonds. The zero-order valence-electron chi connectivity index (χ0n) is 47.8. The third-order valence-corrected chi connectivity index (χ3v) is 13.3. The van der Waals surface area contributed by atoms with E-state index >= 15 is 0 Å². The average molecular weight is 1110 g/mol. The van der Waals surface area contributed by atoms with Crippen LogP contribution < -0.4 is 27.0 Å². The number of Topliss-reactive ketones (excluding diaryl/α,β-unsaturated/α-hetero) is 4. The van der Waals surface area contributed by atoms with Crippen molar-refractivity contribution in [1.82, 2.24) is 31.2 Å². The number of carboxylic acid groups (broad SMARTS) is 1. The fraction of sp³-hybridized carbons (Fsp3) is 0.789. The number of carbonyl (C=O) groups excluding carboxylic acids is 8. The molecule has 21 nitrogen and oxygen atoms in total. The first-order valence-electron chi connectivity index (χ1n) is 28.9. The maximum absolute atomic E-state index is 13.4. The molecular weight excluding hydrogens is 1010 g/mol. The summed E-state index contributed by atoms with van der Waals surface area (Å²) in [5, 5.41) is 20.4. The predicted molar refractivity (Wildman–Crippen MR) is 296 cm³/mol. The lowest BCUT2D eigenvalue weighted by atomic mass is 9.84. The SMILES string of the molecule is CCCCCCCCCCCCCCCCCC(=O)C[C@@H](CCC(=O)NCCOCCOCC(=O)NCCOCCOCC(=O)NCCCC[C@H](CC(=O)C(C)(C)NC(=O)[C@@H](N)Cc1cnc[nH]1)C(=O)CCC(C)=O)C(=O)O. The van der Waals surface area contributed by atoms with Crippen LogP contribution in [0.1, 0.15) is 194 Å². The molecule has 21 heteroatoms. The first-order valence-corrected chi connectivity index (χ1v) is 28.9. The number of ether oxygens (including phenoxy) is 4. The molecule has 1 rings (SSSR count). The second kappa shape index (κ2) is 45.9. The molecule has 1 aromatic heterocycles. The third kappa shape index (κ3) is 39.4. The Kier molecular flexibility index (Phi) is 41.8. The summed E-state index contributed by atoms with van der Waals surface area (Å²) in [5.41, 5.74) is 5.42. The molecule has 3 atom stereocenters. The number of rotatable bonds is 54. The number of carbonyl (C=O) groups is 9. The summed E-state index contributed by atoms with van der Waals surface area (Å²) >= 11 is 0. The molecule has 78 heavy (non-hydrogen) atoms. The molecular formula is C57H99N7O14. The molecule has 0 aromatic carbocycles. The van der Waals surface area contributed by atoms with Crippen LogP contribution in [0.2, 0.25) is 0 Å². The summed E-state index contributed by atoms with van der Waals surface area (Å²) in [6.07, 6.45) is 23.6. The van der Waals surface area contributed by atoms with Gasteiger partial charge >= 0.3 is 5.97 Å². The van der Waals surface area contributed by atoms with Crippen LogP contribution in [0.15, 0.2) is 12.5 Å². The topological polar surface area (TPSA) is 314 Å². The highest BCUT2D eigenvalue weighted by molar-refractivity contribution is 5.96. The van der Waals surface area contributed by atoms with Gasteiger partial charge in [-0.1, -0.05) is 103 Å². The number of aromatic amines is 1. The molecule has 0 radical (unpaired) electrons. The lowest BCUT2D eigenvalue weighted by Gasteiger charge is -2.28. The van der Waals surface area contributed by atoms with Crippen LogP contribution in [-0.2, 0) is 68.5 Å². The second-order valence-corrected chi connectivity index (χ2v) is 20.9. The van der Waals surface area contributed by atoms with E-state index in [4.69, 9.17) is 24.7 Å². The van der Waals surface area contributed by atoms with Gasteiger partial charge in [0.15, 0.2) is 5.78 Å². The van der Waals surface area contributed by atoms with Gasteiger partial charge in [-0.15, -0.1) is 0 Å². The number of aromatic nitrogens is 2. The van der Waals surface area contributed by atoms with Gasteiger partial charge in [0, 0.05) is 82.4 Å². The van der Waals surface area contributed by atoms with E-state index in [-0.39, 0.29) is 152 Å². The lowest BCUT2D eigenvalue weighted by Crippen LogP contribution is -2.55. The highest BCUT2D eigenvalue weighted by Crippen LogP contribution is 2.22. The van der Waals surface area contributed by atoms with Crippen LogP contribution in [0.4, 0.5) is 0 Å². The van der Waals surface area contributed by atoms with E-state index in [2.05, 4.69) is 38.2 Å². The number of unbranched alkanes of at least 4 members (excludes halogenated alkanes) is 15. The molecule has 0 aliphatic heterocycles. The molecule has 0 saturated carbocycles. The van der Waals surface area contributed by atoms with Crippen molar-refractivity contribution in [1.29, 1.82) is 0 Å². The Hall–Kier alpha value is -4.96. The fourth-order valence-corrected chi connectivity index (χ4v) is 8.47. The summed E-state index contributed by atoms with van der Waals surface area (Å²) in [6.45, 7) is 8.24. The molecule has 0 aliphatic carbocycles. The Bertz CT molecular complexity index is 1850. The van der Waals surface area contributed by atoms with Gasteiger partial charge in [0.1, 0.15) is 30.6 Å². The molecule has 0 fully saturated rings. The van der Waals surface area contributed by atoms with E-state index in [9.17, 15) is 48.3 Å². The van der Waals surface area contributed by atoms with E-state index in [0.717, 1.165) is 19.3 Å². The quantitative estimate of drug-likeness (QED) is 0.0369. The minimum atomic E-state index is -1.30. The van der Waals surface area contributed by atoms with Crippen molar-refractivity contribution in [2.45, 2.75) is 206 Å². The van der Waals surface area contributed by atoms with Crippen LogP contribution in [0.25, 0.3) is 0 Å². The first-order chi connectivity index (χ1) is 37.4.